The normalized spacial score (nSPS) is 24.2. The number of hydrogen-bond donors (Lipinski definition) is 1. The SMILES string of the molecule is C=CC(C)NC(=O)N1CCCC1C. The summed E-state index contributed by atoms with van der Waals surface area (Å²) in [6.45, 7) is 8.52. The van der Waals surface area contributed by atoms with E-state index in [1.807, 2.05) is 11.8 Å². The number of rotatable bonds is 2. The monoisotopic (exact) mass is 182 g/mol. The number of amides is 2. The molecule has 2 atom stereocenters. The zero-order valence-corrected chi connectivity index (χ0v) is 8.42. The second kappa shape index (κ2) is 4.30. The zero-order chi connectivity index (χ0) is 9.84. The maximum absolute atomic E-state index is 11.6. The van der Waals surface area contributed by atoms with Crippen molar-refractivity contribution in [2.75, 3.05) is 6.54 Å². The molecule has 0 bridgehead atoms. The van der Waals surface area contributed by atoms with E-state index in [2.05, 4.69) is 18.8 Å². The van der Waals surface area contributed by atoms with Crippen LogP contribution in [0.15, 0.2) is 12.7 Å². The van der Waals surface area contributed by atoms with Crippen LogP contribution in [-0.4, -0.2) is 29.6 Å². The number of urea groups is 1. The highest BCUT2D eigenvalue weighted by atomic mass is 16.2. The van der Waals surface area contributed by atoms with Crippen LogP contribution in [0.25, 0.3) is 0 Å². The summed E-state index contributed by atoms with van der Waals surface area (Å²) in [7, 11) is 0. The summed E-state index contributed by atoms with van der Waals surface area (Å²) in [4.78, 5) is 13.5. The molecule has 0 aromatic heterocycles. The molecule has 3 heteroatoms. The van der Waals surface area contributed by atoms with Crippen molar-refractivity contribution >= 4 is 6.03 Å². The molecule has 13 heavy (non-hydrogen) atoms. The highest BCUT2D eigenvalue weighted by Crippen LogP contribution is 2.16. The van der Waals surface area contributed by atoms with Gasteiger partial charge in [-0.25, -0.2) is 4.79 Å². The van der Waals surface area contributed by atoms with E-state index >= 15 is 0 Å². The smallest absolute Gasteiger partial charge is 0.318 e. The van der Waals surface area contributed by atoms with Crippen LogP contribution >= 0.6 is 0 Å². The number of likely N-dealkylation sites (tertiary alicyclic amines) is 1. The molecule has 0 aliphatic carbocycles. The predicted octanol–water partition coefficient (Wildman–Crippen LogP) is 1.75. The van der Waals surface area contributed by atoms with Crippen LogP contribution in [0.4, 0.5) is 4.79 Å². The molecule has 1 saturated heterocycles. The molecular weight excluding hydrogens is 164 g/mol. The minimum absolute atomic E-state index is 0.0393. The summed E-state index contributed by atoms with van der Waals surface area (Å²) < 4.78 is 0. The van der Waals surface area contributed by atoms with E-state index in [0.29, 0.717) is 6.04 Å². The van der Waals surface area contributed by atoms with Gasteiger partial charge in [0, 0.05) is 18.6 Å². The molecule has 1 heterocycles. The van der Waals surface area contributed by atoms with Gasteiger partial charge in [0.15, 0.2) is 0 Å². The van der Waals surface area contributed by atoms with E-state index in [1.165, 1.54) is 0 Å². The van der Waals surface area contributed by atoms with Crippen molar-refractivity contribution in [1.29, 1.82) is 0 Å². The van der Waals surface area contributed by atoms with Crippen LogP contribution in [0.1, 0.15) is 26.7 Å². The van der Waals surface area contributed by atoms with Gasteiger partial charge in [0.1, 0.15) is 0 Å². The number of carbonyl (C=O) groups excluding carboxylic acids is 1. The van der Waals surface area contributed by atoms with E-state index in [4.69, 9.17) is 0 Å². The molecule has 2 amide bonds. The molecule has 1 aliphatic heterocycles. The lowest BCUT2D eigenvalue weighted by Crippen LogP contribution is -2.44. The van der Waals surface area contributed by atoms with Crippen LogP contribution in [0.2, 0.25) is 0 Å². The molecule has 0 spiro atoms. The fraction of sp³-hybridized carbons (Fsp3) is 0.700. The second-order valence-corrected chi connectivity index (χ2v) is 3.66. The molecule has 3 nitrogen and oxygen atoms in total. The van der Waals surface area contributed by atoms with Gasteiger partial charge in [-0.05, 0) is 26.7 Å². The van der Waals surface area contributed by atoms with Crippen molar-refractivity contribution < 1.29 is 4.79 Å². The first-order chi connectivity index (χ1) is 6.15. The lowest BCUT2D eigenvalue weighted by molar-refractivity contribution is 0.194. The summed E-state index contributed by atoms with van der Waals surface area (Å²) in [6, 6.07) is 0.481. The third-order valence-electron chi connectivity index (χ3n) is 2.52. The maximum atomic E-state index is 11.6. The Morgan fingerprint density at radius 2 is 2.46 bits per heavy atom. The van der Waals surface area contributed by atoms with E-state index in [0.717, 1.165) is 19.4 Å². The minimum Gasteiger partial charge on any atom is -0.332 e. The fourth-order valence-corrected chi connectivity index (χ4v) is 1.57. The van der Waals surface area contributed by atoms with Crippen LogP contribution in [-0.2, 0) is 0 Å². The van der Waals surface area contributed by atoms with Crippen LogP contribution in [0.3, 0.4) is 0 Å². The van der Waals surface area contributed by atoms with Crippen molar-refractivity contribution in [2.45, 2.75) is 38.8 Å². The Morgan fingerprint density at radius 1 is 1.77 bits per heavy atom. The Hall–Kier alpha value is -0.990. The first kappa shape index (κ1) is 10.1. The van der Waals surface area contributed by atoms with E-state index < -0.39 is 0 Å². The van der Waals surface area contributed by atoms with Gasteiger partial charge in [0.05, 0.1) is 0 Å². The van der Waals surface area contributed by atoms with Crippen molar-refractivity contribution in [1.82, 2.24) is 10.2 Å². The number of carbonyl (C=O) groups is 1. The maximum Gasteiger partial charge on any atom is 0.318 e. The molecule has 1 aliphatic rings. The van der Waals surface area contributed by atoms with Gasteiger partial charge >= 0.3 is 6.03 Å². The van der Waals surface area contributed by atoms with Gasteiger partial charge in [-0.15, -0.1) is 6.58 Å². The lowest BCUT2D eigenvalue weighted by Gasteiger charge is -2.23. The van der Waals surface area contributed by atoms with Crippen molar-refractivity contribution in [3.05, 3.63) is 12.7 Å². The molecule has 0 aromatic rings. The first-order valence-electron chi connectivity index (χ1n) is 4.85. The Morgan fingerprint density at radius 3 is 2.92 bits per heavy atom. The molecule has 1 fully saturated rings. The first-order valence-corrected chi connectivity index (χ1v) is 4.85. The van der Waals surface area contributed by atoms with Crippen LogP contribution < -0.4 is 5.32 Å². The van der Waals surface area contributed by atoms with Gasteiger partial charge in [0.2, 0.25) is 0 Å². The third-order valence-corrected chi connectivity index (χ3v) is 2.52. The number of nitrogens with one attached hydrogen (secondary N) is 1. The predicted molar refractivity (Wildman–Crippen MR) is 53.6 cm³/mol. The van der Waals surface area contributed by atoms with Crippen molar-refractivity contribution in [3.8, 4) is 0 Å². The van der Waals surface area contributed by atoms with Crippen molar-refractivity contribution in [3.63, 3.8) is 0 Å². The van der Waals surface area contributed by atoms with Gasteiger partial charge in [-0.2, -0.15) is 0 Å². The third kappa shape index (κ3) is 2.47. The second-order valence-electron chi connectivity index (χ2n) is 3.66. The Kier molecular flexibility index (Phi) is 3.34. The number of hydrogen-bond acceptors (Lipinski definition) is 1. The van der Waals surface area contributed by atoms with Crippen molar-refractivity contribution in [2.24, 2.45) is 0 Å². The topological polar surface area (TPSA) is 32.3 Å². The average molecular weight is 182 g/mol. The molecule has 2 unspecified atom stereocenters. The Bertz CT molecular complexity index is 203. The lowest BCUT2D eigenvalue weighted by atomic mass is 10.2. The molecular formula is C10H18N2O. The molecule has 1 N–H and O–H groups in total. The van der Waals surface area contributed by atoms with E-state index in [9.17, 15) is 4.79 Å². The van der Waals surface area contributed by atoms with Gasteiger partial charge in [0.25, 0.3) is 0 Å². The van der Waals surface area contributed by atoms with E-state index in [1.54, 1.807) is 6.08 Å². The summed E-state index contributed by atoms with van der Waals surface area (Å²) in [6.07, 6.45) is 3.98. The molecule has 0 saturated carbocycles. The molecule has 74 valence electrons. The fourth-order valence-electron chi connectivity index (χ4n) is 1.57. The molecule has 0 radical (unpaired) electrons. The Labute approximate surface area is 79.8 Å². The summed E-state index contributed by atoms with van der Waals surface area (Å²) in [5.74, 6) is 0. The van der Waals surface area contributed by atoms with E-state index in [-0.39, 0.29) is 12.1 Å². The number of nitrogens with zero attached hydrogens (tertiary/aromatic N) is 1. The summed E-state index contributed by atoms with van der Waals surface area (Å²) >= 11 is 0. The quantitative estimate of drug-likeness (QED) is 0.648. The van der Waals surface area contributed by atoms with Gasteiger partial charge in [-0.3, -0.25) is 0 Å². The van der Waals surface area contributed by atoms with Gasteiger partial charge in [-0.1, -0.05) is 6.08 Å². The molecule has 0 aromatic carbocycles. The van der Waals surface area contributed by atoms with Crippen LogP contribution in [0.5, 0.6) is 0 Å². The standard InChI is InChI=1S/C10H18N2O/c1-4-8(2)11-10(13)12-7-5-6-9(12)3/h4,8-9H,1,5-7H2,2-3H3,(H,11,13). The highest BCUT2D eigenvalue weighted by molar-refractivity contribution is 5.75. The summed E-state index contributed by atoms with van der Waals surface area (Å²) in [5.41, 5.74) is 0. The average Bonchev–Trinajstić information content (AvgIpc) is 2.51. The largest absolute Gasteiger partial charge is 0.332 e. The Balaban J connectivity index is 2.42. The molecule has 1 rings (SSSR count). The summed E-state index contributed by atoms with van der Waals surface area (Å²) in [5, 5.41) is 2.87. The van der Waals surface area contributed by atoms with Gasteiger partial charge < -0.3 is 10.2 Å². The van der Waals surface area contributed by atoms with Crippen LogP contribution in [0, 0.1) is 0 Å². The highest BCUT2D eigenvalue weighted by Gasteiger charge is 2.25. The minimum atomic E-state index is 0.0393. The zero-order valence-electron chi connectivity index (χ0n) is 8.42.